The lowest BCUT2D eigenvalue weighted by atomic mass is 10.1. The van der Waals surface area contributed by atoms with E-state index in [1.165, 1.54) is 10.9 Å². The molecule has 1 aromatic carbocycles. The Morgan fingerprint density at radius 1 is 1.35 bits per heavy atom. The van der Waals surface area contributed by atoms with Crippen LogP contribution >= 0.6 is 0 Å². The molecule has 5 heteroatoms. The zero-order valence-corrected chi connectivity index (χ0v) is 12.1. The third-order valence-electron chi connectivity index (χ3n) is 2.75. The third kappa shape index (κ3) is 3.23. The molecule has 106 valence electrons. The maximum atomic E-state index is 12.0. The Morgan fingerprint density at radius 3 is 2.70 bits per heavy atom. The number of hydrogen-bond donors (Lipinski definition) is 0. The molecule has 2 rings (SSSR count). The van der Waals surface area contributed by atoms with Gasteiger partial charge in [0, 0.05) is 7.05 Å². The number of esters is 1. The van der Waals surface area contributed by atoms with Crippen LogP contribution in [0.2, 0.25) is 0 Å². The van der Waals surface area contributed by atoms with E-state index in [-0.39, 0.29) is 17.9 Å². The molecule has 0 bridgehead atoms. The molecule has 0 spiro atoms. The SMILES string of the molecule is Cn1cnc2ccc(CC(=O)OC(C)(C)C)cc2c1=O. The topological polar surface area (TPSA) is 61.2 Å². The number of nitrogens with zero attached hydrogens (tertiary/aromatic N) is 2. The Kier molecular flexibility index (Phi) is 3.61. The van der Waals surface area contributed by atoms with Gasteiger partial charge in [0.15, 0.2) is 0 Å². The summed E-state index contributed by atoms with van der Waals surface area (Å²) in [5.41, 5.74) is 0.741. The van der Waals surface area contributed by atoms with Crippen molar-refractivity contribution in [3.8, 4) is 0 Å². The number of rotatable bonds is 2. The molecule has 0 atom stereocenters. The standard InChI is InChI=1S/C15H18N2O3/c1-15(2,3)20-13(18)8-10-5-6-12-11(7-10)14(19)17(4)9-16-12/h5-7,9H,8H2,1-4H3. The van der Waals surface area contributed by atoms with Gasteiger partial charge in [0.05, 0.1) is 23.7 Å². The summed E-state index contributed by atoms with van der Waals surface area (Å²) in [4.78, 5) is 28.0. The van der Waals surface area contributed by atoms with Gasteiger partial charge >= 0.3 is 5.97 Å². The van der Waals surface area contributed by atoms with Gasteiger partial charge in [-0.2, -0.15) is 0 Å². The summed E-state index contributed by atoms with van der Waals surface area (Å²) in [6.07, 6.45) is 1.63. The summed E-state index contributed by atoms with van der Waals surface area (Å²) in [5, 5.41) is 0.510. The van der Waals surface area contributed by atoms with E-state index in [9.17, 15) is 9.59 Å². The summed E-state index contributed by atoms with van der Waals surface area (Å²) in [5.74, 6) is -0.308. The van der Waals surface area contributed by atoms with Crippen molar-refractivity contribution >= 4 is 16.9 Å². The number of aryl methyl sites for hydroxylation is 1. The van der Waals surface area contributed by atoms with E-state index in [0.29, 0.717) is 10.9 Å². The van der Waals surface area contributed by atoms with Crippen LogP contribution in [0.15, 0.2) is 29.3 Å². The Balaban J connectivity index is 2.30. The molecule has 0 amide bonds. The number of hydrogen-bond acceptors (Lipinski definition) is 4. The quantitative estimate of drug-likeness (QED) is 0.784. The molecule has 1 heterocycles. The lowest BCUT2D eigenvalue weighted by Crippen LogP contribution is -2.25. The van der Waals surface area contributed by atoms with Crippen molar-refractivity contribution in [2.24, 2.45) is 7.05 Å². The molecule has 20 heavy (non-hydrogen) atoms. The number of carbonyl (C=O) groups excluding carboxylic acids is 1. The first-order chi connectivity index (χ1) is 9.26. The number of benzene rings is 1. The lowest BCUT2D eigenvalue weighted by molar-refractivity contribution is -0.153. The maximum absolute atomic E-state index is 12.0. The van der Waals surface area contributed by atoms with Crippen LogP contribution in [0.3, 0.4) is 0 Å². The number of ether oxygens (including phenoxy) is 1. The summed E-state index contributed by atoms with van der Waals surface area (Å²) in [7, 11) is 1.65. The van der Waals surface area contributed by atoms with Crippen molar-refractivity contribution < 1.29 is 9.53 Å². The minimum atomic E-state index is -0.508. The highest BCUT2D eigenvalue weighted by Crippen LogP contribution is 2.13. The van der Waals surface area contributed by atoms with E-state index in [4.69, 9.17) is 4.74 Å². The van der Waals surface area contributed by atoms with Gasteiger partial charge in [0.25, 0.3) is 5.56 Å². The fourth-order valence-corrected chi connectivity index (χ4v) is 1.91. The normalized spacial score (nSPS) is 11.6. The van der Waals surface area contributed by atoms with E-state index >= 15 is 0 Å². The fourth-order valence-electron chi connectivity index (χ4n) is 1.91. The second kappa shape index (κ2) is 5.07. The number of aromatic nitrogens is 2. The first kappa shape index (κ1) is 14.2. The van der Waals surface area contributed by atoms with Gasteiger partial charge < -0.3 is 9.30 Å². The Labute approximate surface area is 117 Å². The molecule has 0 unspecified atom stereocenters. The van der Waals surface area contributed by atoms with Crippen LogP contribution in [0.25, 0.3) is 10.9 Å². The number of carbonyl (C=O) groups is 1. The van der Waals surface area contributed by atoms with Gasteiger partial charge in [0.1, 0.15) is 5.60 Å². The van der Waals surface area contributed by atoms with Crippen LogP contribution in [0, 0.1) is 0 Å². The van der Waals surface area contributed by atoms with Crippen molar-refractivity contribution in [3.05, 3.63) is 40.4 Å². The first-order valence-corrected chi connectivity index (χ1v) is 6.42. The van der Waals surface area contributed by atoms with Crippen LogP contribution in [0.4, 0.5) is 0 Å². The van der Waals surface area contributed by atoms with E-state index in [1.807, 2.05) is 20.8 Å². The van der Waals surface area contributed by atoms with E-state index in [0.717, 1.165) is 5.56 Å². The second-order valence-electron chi connectivity index (χ2n) is 5.78. The minimum absolute atomic E-state index is 0.124. The molecule has 0 fully saturated rings. The molecule has 0 aliphatic heterocycles. The summed E-state index contributed by atoms with van der Waals surface area (Å²) < 4.78 is 6.69. The van der Waals surface area contributed by atoms with Gasteiger partial charge in [-0.25, -0.2) is 4.98 Å². The highest BCUT2D eigenvalue weighted by atomic mass is 16.6. The van der Waals surface area contributed by atoms with Crippen LogP contribution in [0.5, 0.6) is 0 Å². The molecule has 0 N–H and O–H groups in total. The summed E-state index contributed by atoms with van der Waals surface area (Å²) in [6, 6.07) is 5.24. The molecule has 0 radical (unpaired) electrons. The van der Waals surface area contributed by atoms with Crippen molar-refractivity contribution in [2.45, 2.75) is 32.8 Å². The van der Waals surface area contributed by atoms with Crippen molar-refractivity contribution in [2.75, 3.05) is 0 Å². The Bertz CT molecular complexity index is 711. The van der Waals surface area contributed by atoms with Crippen molar-refractivity contribution in [1.82, 2.24) is 9.55 Å². The molecular weight excluding hydrogens is 256 g/mol. The van der Waals surface area contributed by atoms with E-state index in [1.54, 1.807) is 25.2 Å². The molecule has 0 aliphatic rings. The largest absolute Gasteiger partial charge is 0.460 e. The Morgan fingerprint density at radius 2 is 2.05 bits per heavy atom. The molecule has 5 nitrogen and oxygen atoms in total. The average Bonchev–Trinajstić information content (AvgIpc) is 2.32. The third-order valence-corrected chi connectivity index (χ3v) is 2.75. The molecule has 0 saturated heterocycles. The molecule has 2 aromatic rings. The predicted molar refractivity (Wildman–Crippen MR) is 76.5 cm³/mol. The second-order valence-corrected chi connectivity index (χ2v) is 5.78. The van der Waals surface area contributed by atoms with Crippen molar-refractivity contribution in [1.29, 1.82) is 0 Å². The monoisotopic (exact) mass is 274 g/mol. The van der Waals surface area contributed by atoms with E-state index in [2.05, 4.69) is 4.98 Å². The van der Waals surface area contributed by atoms with E-state index < -0.39 is 5.60 Å². The van der Waals surface area contributed by atoms with Gasteiger partial charge in [-0.3, -0.25) is 9.59 Å². The molecule has 0 aliphatic carbocycles. The van der Waals surface area contributed by atoms with Gasteiger partial charge in [-0.15, -0.1) is 0 Å². The van der Waals surface area contributed by atoms with Gasteiger partial charge in [-0.05, 0) is 38.5 Å². The molecule has 1 aromatic heterocycles. The minimum Gasteiger partial charge on any atom is -0.460 e. The zero-order valence-electron chi connectivity index (χ0n) is 12.1. The average molecular weight is 274 g/mol. The van der Waals surface area contributed by atoms with Crippen LogP contribution in [0.1, 0.15) is 26.3 Å². The van der Waals surface area contributed by atoms with Gasteiger partial charge in [-0.1, -0.05) is 6.07 Å². The fraction of sp³-hybridized carbons (Fsp3) is 0.400. The maximum Gasteiger partial charge on any atom is 0.310 e. The smallest absolute Gasteiger partial charge is 0.310 e. The van der Waals surface area contributed by atoms with Crippen LogP contribution in [-0.2, 0) is 23.0 Å². The first-order valence-electron chi connectivity index (χ1n) is 6.42. The highest BCUT2D eigenvalue weighted by molar-refractivity contribution is 5.80. The summed E-state index contributed by atoms with van der Waals surface area (Å²) in [6.45, 7) is 5.47. The zero-order chi connectivity index (χ0) is 14.9. The van der Waals surface area contributed by atoms with Crippen molar-refractivity contribution in [3.63, 3.8) is 0 Å². The van der Waals surface area contributed by atoms with Gasteiger partial charge in [0.2, 0.25) is 0 Å². The predicted octanol–water partition coefficient (Wildman–Crippen LogP) is 1.82. The van der Waals surface area contributed by atoms with Crippen LogP contribution in [-0.4, -0.2) is 21.1 Å². The number of fused-ring (bicyclic) bond motifs is 1. The molecule has 0 saturated carbocycles. The summed E-state index contributed by atoms with van der Waals surface area (Å²) >= 11 is 0. The highest BCUT2D eigenvalue weighted by Gasteiger charge is 2.16. The van der Waals surface area contributed by atoms with Crippen LogP contribution < -0.4 is 5.56 Å². The molecular formula is C15H18N2O3. The lowest BCUT2D eigenvalue weighted by Gasteiger charge is -2.19. The Hall–Kier alpha value is -2.17.